The molecule has 3 aromatic heterocycles. The molecule has 3 N–H and O–H groups in total. The van der Waals surface area contributed by atoms with Crippen LogP contribution in [0.3, 0.4) is 0 Å². The summed E-state index contributed by atoms with van der Waals surface area (Å²) in [4.78, 5) is 28.0. The molecule has 7 nitrogen and oxygen atoms in total. The number of pyridine rings is 1. The van der Waals surface area contributed by atoms with Gasteiger partial charge in [-0.15, -0.1) is 11.3 Å². The van der Waals surface area contributed by atoms with Crippen LogP contribution in [0.4, 0.5) is 5.69 Å². The van der Waals surface area contributed by atoms with E-state index in [-0.39, 0.29) is 0 Å². The number of benzene rings is 1. The molecule has 0 saturated carbocycles. The number of morpholine rings is 1. The predicted octanol–water partition coefficient (Wildman–Crippen LogP) is 3.98. The summed E-state index contributed by atoms with van der Waals surface area (Å²) in [6, 6.07) is 12.5. The van der Waals surface area contributed by atoms with Crippen molar-refractivity contribution in [3.63, 3.8) is 0 Å². The van der Waals surface area contributed by atoms with Gasteiger partial charge in [0.25, 0.3) is 5.91 Å². The fourth-order valence-electron chi connectivity index (χ4n) is 4.94. The van der Waals surface area contributed by atoms with E-state index in [0.717, 1.165) is 65.5 Å². The molecule has 0 atom stereocenters. The fraction of sp³-hybridized carbons (Fsp3) is 0.360. The van der Waals surface area contributed by atoms with Crippen LogP contribution >= 0.6 is 11.3 Å². The largest absolute Gasteiger partial charge is 0.378 e. The van der Waals surface area contributed by atoms with Crippen LogP contribution < -0.4 is 10.6 Å². The number of nitrogens with one attached hydrogen (secondary N) is 1. The highest BCUT2D eigenvalue weighted by atomic mass is 32.1. The summed E-state index contributed by atoms with van der Waals surface area (Å²) < 4.78 is 5.48. The van der Waals surface area contributed by atoms with Crippen LogP contribution in [0.5, 0.6) is 0 Å². The van der Waals surface area contributed by atoms with Crippen LogP contribution in [0.1, 0.15) is 28.1 Å². The van der Waals surface area contributed by atoms with E-state index in [4.69, 9.17) is 15.5 Å². The first kappa shape index (κ1) is 20.7. The van der Waals surface area contributed by atoms with Gasteiger partial charge in [0, 0.05) is 35.6 Å². The summed E-state index contributed by atoms with van der Waals surface area (Å²) in [5.41, 5.74) is 10.7. The molecule has 5 heterocycles. The standard InChI is InChI=1S/C25H27N5O2S/c26-25(31)19-14-21(22-6-4-17(33-22)15-29-7-1-2-8-29)28-23-18-5-3-16(13-20(18)27-24(19)23)30-9-11-32-12-10-30/h3-6,13-14,27H,1-2,7-12,15H2,(H2,26,31). The predicted molar refractivity (Wildman–Crippen MR) is 133 cm³/mol. The summed E-state index contributed by atoms with van der Waals surface area (Å²) in [5, 5.41) is 1.00. The van der Waals surface area contributed by atoms with Gasteiger partial charge >= 0.3 is 0 Å². The number of hydrogen-bond donors (Lipinski definition) is 2. The molecule has 2 fully saturated rings. The minimum absolute atomic E-state index is 0.447. The van der Waals surface area contributed by atoms with Crippen LogP contribution in [0.15, 0.2) is 36.4 Å². The third kappa shape index (κ3) is 3.88. The molecule has 0 unspecified atom stereocenters. The van der Waals surface area contributed by atoms with Crippen molar-refractivity contribution in [2.75, 3.05) is 44.3 Å². The number of nitrogens with two attached hydrogens (primary N) is 1. The molecule has 0 bridgehead atoms. The number of aromatic amines is 1. The maximum Gasteiger partial charge on any atom is 0.250 e. The number of ether oxygens (including phenoxy) is 1. The number of H-pyrrole nitrogens is 1. The number of fused-ring (bicyclic) bond motifs is 3. The highest BCUT2D eigenvalue weighted by Crippen LogP contribution is 2.34. The summed E-state index contributed by atoms with van der Waals surface area (Å²) in [7, 11) is 0. The van der Waals surface area contributed by atoms with Gasteiger partial charge in [-0.3, -0.25) is 9.69 Å². The van der Waals surface area contributed by atoms with Crippen molar-refractivity contribution in [3.8, 4) is 10.6 Å². The SMILES string of the molecule is NC(=O)c1cc(-c2ccc(CN3CCCC3)s2)nc2c1[nH]c1cc(N3CCOCC3)ccc12. The summed E-state index contributed by atoms with van der Waals surface area (Å²) >= 11 is 1.75. The average molecular weight is 462 g/mol. The maximum atomic E-state index is 12.4. The quantitative estimate of drug-likeness (QED) is 0.470. The van der Waals surface area contributed by atoms with Crippen LogP contribution in [0, 0.1) is 0 Å². The molecule has 4 aromatic rings. The average Bonchev–Trinajstić information content (AvgIpc) is 3.59. The van der Waals surface area contributed by atoms with Gasteiger partial charge in [0.2, 0.25) is 0 Å². The van der Waals surface area contributed by atoms with E-state index in [1.54, 1.807) is 11.3 Å². The van der Waals surface area contributed by atoms with Crippen LogP contribution in [-0.4, -0.2) is 60.2 Å². The van der Waals surface area contributed by atoms with Crippen LogP contribution in [-0.2, 0) is 11.3 Å². The molecule has 0 radical (unpaired) electrons. The van der Waals surface area contributed by atoms with Gasteiger partial charge in [0.15, 0.2) is 0 Å². The van der Waals surface area contributed by atoms with Gasteiger partial charge < -0.3 is 20.4 Å². The molecule has 2 aliphatic heterocycles. The lowest BCUT2D eigenvalue weighted by molar-refractivity contribution is 0.100. The lowest BCUT2D eigenvalue weighted by Crippen LogP contribution is -2.36. The number of anilines is 1. The van der Waals surface area contributed by atoms with Gasteiger partial charge in [0.1, 0.15) is 0 Å². The smallest absolute Gasteiger partial charge is 0.250 e. The number of likely N-dealkylation sites (tertiary alicyclic amines) is 1. The molecule has 2 aliphatic rings. The van der Waals surface area contributed by atoms with Crippen molar-refractivity contribution < 1.29 is 9.53 Å². The molecule has 1 aromatic carbocycles. The molecule has 2 saturated heterocycles. The van der Waals surface area contributed by atoms with Crippen molar-refractivity contribution >= 4 is 44.9 Å². The minimum atomic E-state index is -0.447. The monoisotopic (exact) mass is 461 g/mol. The number of primary amides is 1. The Kier molecular flexibility index (Phi) is 5.28. The Labute approximate surface area is 196 Å². The maximum absolute atomic E-state index is 12.4. The highest BCUT2D eigenvalue weighted by Gasteiger charge is 2.19. The van der Waals surface area contributed by atoms with Crippen LogP contribution in [0.2, 0.25) is 0 Å². The van der Waals surface area contributed by atoms with Crippen LogP contribution in [0.25, 0.3) is 32.5 Å². The second-order valence-corrected chi connectivity index (χ2v) is 10.0. The molecular formula is C25H27N5O2S. The second kappa shape index (κ2) is 8.44. The summed E-state index contributed by atoms with van der Waals surface area (Å²) in [6.07, 6.45) is 2.57. The molecule has 33 heavy (non-hydrogen) atoms. The lowest BCUT2D eigenvalue weighted by Gasteiger charge is -2.28. The van der Waals surface area contributed by atoms with E-state index in [1.165, 1.54) is 30.8 Å². The summed E-state index contributed by atoms with van der Waals surface area (Å²) in [6.45, 7) is 6.55. The number of nitrogens with zero attached hydrogens (tertiary/aromatic N) is 3. The number of carbonyl (C=O) groups is 1. The first-order valence-electron chi connectivity index (χ1n) is 11.6. The van der Waals surface area contributed by atoms with Gasteiger partial charge in [-0.1, -0.05) is 0 Å². The Bertz CT molecular complexity index is 1330. The highest BCUT2D eigenvalue weighted by molar-refractivity contribution is 7.15. The number of rotatable bonds is 5. The van der Waals surface area contributed by atoms with E-state index in [2.05, 4.69) is 45.1 Å². The van der Waals surface area contributed by atoms with E-state index in [1.807, 2.05) is 6.07 Å². The Morgan fingerprint density at radius 1 is 1.09 bits per heavy atom. The topological polar surface area (TPSA) is 87.5 Å². The normalized spacial score (nSPS) is 17.4. The number of aromatic nitrogens is 2. The zero-order chi connectivity index (χ0) is 22.4. The molecule has 1 amide bonds. The van der Waals surface area contributed by atoms with Crippen molar-refractivity contribution in [1.29, 1.82) is 0 Å². The third-order valence-electron chi connectivity index (χ3n) is 6.67. The molecule has 8 heteroatoms. The van der Waals surface area contributed by atoms with E-state index in [0.29, 0.717) is 11.1 Å². The van der Waals surface area contributed by atoms with E-state index < -0.39 is 5.91 Å². The zero-order valence-electron chi connectivity index (χ0n) is 18.5. The van der Waals surface area contributed by atoms with Gasteiger partial charge in [0.05, 0.1) is 45.9 Å². The van der Waals surface area contributed by atoms with Gasteiger partial charge in [-0.25, -0.2) is 4.98 Å². The molecule has 170 valence electrons. The molecule has 0 aliphatic carbocycles. The minimum Gasteiger partial charge on any atom is -0.378 e. The Morgan fingerprint density at radius 2 is 1.91 bits per heavy atom. The number of amides is 1. The van der Waals surface area contributed by atoms with Gasteiger partial charge in [-0.05, 0) is 62.3 Å². The number of hydrogen-bond acceptors (Lipinski definition) is 6. The first-order valence-corrected chi connectivity index (χ1v) is 12.4. The van der Waals surface area contributed by atoms with Crippen molar-refractivity contribution in [2.24, 2.45) is 5.73 Å². The van der Waals surface area contributed by atoms with Gasteiger partial charge in [-0.2, -0.15) is 0 Å². The zero-order valence-corrected chi connectivity index (χ0v) is 19.3. The Balaban J connectivity index is 1.41. The first-order chi connectivity index (χ1) is 16.2. The second-order valence-electron chi connectivity index (χ2n) is 8.85. The van der Waals surface area contributed by atoms with Crippen molar-refractivity contribution in [3.05, 3.63) is 46.8 Å². The van der Waals surface area contributed by atoms with E-state index >= 15 is 0 Å². The Morgan fingerprint density at radius 3 is 2.70 bits per heavy atom. The molecule has 0 spiro atoms. The number of carbonyl (C=O) groups excluding carboxylic acids is 1. The lowest BCUT2D eigenvalue weighted by atomic mass is 10.1. The Hall–Kier alpha value is -2.94. The fourth-order valence-corrected chi connectivity index (χ4v) is 5.95. The van der Waals surface area contributed by atoms with E-state index in [9.17, 15) is 4.79 Å². The van der Waals surface area contributed by atoms with Crippen molar-refractivity contribution in [2.45, 2.75) is 19.4 Å². The molecule has 6 rings (SSSR count). The van der Waals surface area contributed by atoms with Crippen molar-refractivity contribution in [1.82, 2.24) is 14.9 Å². The molecular weight excluding hydrogens is 434 g/mol. The number of thiophene rings is 1. The summed E-state index contributed by atoms with van der Waals surface area (Å²) in [5.74, 6) is -0.447. The third-order valence-corrected chi connectivity index (χ3v) is 7.76.